The number of anilines is 3. The summed E-state index contributed by atoms with van der Waals surface area (Å²) in [5.74, 6) is -3.91. The summed E-state index contributed by atoms with van der Waals surface area (Å²) in [6.07, 6.45) is -4.16. The molecule has 12 heteroatoms. The van der Waals surface area contributed by atoms with Crippen LogP contribution in [0.1, 0.15) is 6.42 Å². The lowest BCUT2D eigenvalue weighted by atomic mass is 10.1. The van der Waals surface area contributed by atoms with Gasteiger partial charge in [-0.1, -0.05) is 12.1 Å². The minimum Gasteiger partial charge on any atom is -0.406 e. The zero-order valence-electron chi connectivity index (χ0n) is 18.2. The number of hydrogen-bond donors (Lipinski definition) is 2. The van der Waals surface area contributed by atoms with E-state index in [0.29, 0.717) is 18.7 Å². The van der Waals surface area contributed by atoms with Crippen molar-refractivity contribution in [2.45, 2.75) is 12.8 Å². The van der Waals surface area contributed by atoms with Crippen molar-refractivity contribution < 1.29 is 31.1 Å². The minimum absolute atomic E-state index is 0.0633. The number of benzene rings is 2. The normalized spacial score (nSPS) is 11.6. The molecule has 0 aliphatic rings. The second-order valence-electron chi connectivity index (χ2n) is 7.49. The molecule has 3 rings (SSSR count). The Balaban J connectivity index is 1.96. The van der Waals surface area contributed by atoms with Gasteiger partial charge in [0, 0.05) is 30.3 Å². The van der Waals surface area contributed by atoms with Gasteiger partial charge in [-0.3, -0.25) is 0 Å². The van der Waals surface area contributed by atoms with Crippen LogP contribution in [0.2, 0.25) is 0 Å². The first-order valence-electron chi connectivity index (χ1n) is 10.1. The fraction of sp³-hybridized carbons (Fsp3) is 0.273. The Bertz CT molecular complexity index is 1120. The molecular weight excluding hydrogens is 464 g/mol. The molecule has 0 amide bonds. The lowest BCUT2D eigenvalue weighted by Crippen LogP contribution is -2.17. The smallest absolute Gasteiger partial charge is 0.406 e. The van der Waals surface area contributed by atoms with Gasteiger partial charge in [-0.25, -0.2) is 18.2 Å². The molecule has 182 valence electrons. The molecule has 6 nitrogen and oxygen atoms in total. The van der Waals surface area contributed by atoms with Gasteiger partial charge in [0.25, 0.3) is 0 Å². The third-order valence-electron chi connectivity index (χ3n) is 4.41. The Kier molecular flexibility index (Phi) is 7.82. The number of nitrogens with one attached hydrogen (secondary N) is 2. The van der Waals surface area contributed by atoms with Crippen molar-refractivity contribution in [2.24, 2.45) is 0 Å². The Labute approximate surface area is 191 Å². The number of rotatable bonds is 9. The first-order chi connectivity index (χ1) is 16.0. The molecule has 0 unspecified atom stereocenters. The maximum atomic E-state index is 14.1. The zero-order valence-corrected chi connectivity index (χ0v) is 18.2. The van der Waals surface area contributed by atoms with Crippen molar-refractivity contribution in [1.82, 2.24) is 14.9 Å². The molecule has 0 spiro atoms. The van der Waals surface area contributed by atoms with E-state index in [0.717, 1.165) is 25.1 Å². The highest BCUT2D eigenvalue weighted by molar-refractivity contribution is 5.68. The highest BCUT2D eigenvalue weighted by Gasteiger charge is 2.31. The van der Waals surface area contributed by atoms with E-state index >= 15 is 0 Å². The molecule has 34 heavy (non-hydrogen) atoms. The van der Waals surface area contributed by atoms with Crippen LogP contribution < -0.4 is 15.4 Å². The lowest BCUT2D eigenvalue weighted by molar-refractivity contribution is -0.274. The molecule has 0 radical (unpaired) electrons. The Morgan fingerprint density at radius 2 is 1.68 bits per heavy atom. The van der Waals surface area contributed by atoms with Crippen LogP contribution in [-0.2, 0) is 0 Å². The number of nitrogens with zero attached hydrogens (tertiary/aromatic N) is 3. The van der Waals surface area contributed by atoms with Gasteiger partial charge in [0.2, 0.25) is 5.95 Å². The summed E-state index contributed by atoms with van der Waals surface area (Å²) in [7, 11) is 3.81. The highest BCUT2D eigenvalue weighted by Crippen LogP contribution is 2.30. The van der Waals surface area contributed by atoms with E-state index in [4.69, 9.17) is 0 Å². The van der Waals surface area contributed by atoms with Crippen LogP contribution in [0, 0.1) is 17.5 Å². The van der Waals surface area contributed by atoms with Gasteiger partial charge < -0.3 is 20.3 Å². The largest absolute Gasteiger partial charge is 0.573 e. The lowest BCUT2D eigenvalue weighted by Gasteiger charge is -2.14. The molecule has 2 aromatic carbocycles. The van der Waals surface area contributed by atoms with Gasteiger partial charge in [-0.05, 0) is 39.2 Å². The number of halogens is 6. The van der Waals surface area contributed by atoms with E-state index in [1.807, 2.05) is 19.0 Å². The maximum absolute atomic E-state index is 14.1. The number of hydrogen-bond acceptors (Lipinski definition) is 6. The minimum atomic E-state index is -4.88. The van der Waals surface area contributed by atoms with Gasteiger partial charge >= 0.3 is 6.36 Å². The molecule has 1 heterocycles. The molecular formula is C22H21F6N5O. The quantitative estimate of drug-likeness (QED) is 0.305. The molecule has 1 aromatic heterocycles. The van der Waals surface area contributed by atoms with E-state index in [1.54, 1.807) is 0 Å². The maximum Gasteiger partial charge on any atom is 0.573 e. The summed E-state index contributed by atoms with van der Waals surface area (Å²) in [5.41, 5.74) is -0.245. The molecule has 2 N–H and O–H groups in total. The third-order valence-corrected chi connectivity index (χ3v) is 4.41. The van der Waals surface area contributed by atoms with Gasteiger partial charge in [-0.15, -0.1) is 13.2 Å². The summed E-state index contributed by atoms with van der Waals surface area (Å²) < 4.78 is 83.3. The van der Waals surface area contributed by atoms with E-state index in [1.165, 1.54) is 18.2 Å². The summed E-state index contributed by atoms with van der Waals surface area (Å²) >= 11 is 0. The molecule has 3 aromatic rings. The summed E-state index contributed by atoms with van der Waals surface area (Å²) in [4.78, 5) is 10.4. The van der Waals surface area contributed by atoms with Gasteiger partial charge in [-0.2, -0.15) is 4.98 Å². The SMILES string of the molecule is CN(C)CCCNc1nc(Nc2c(F)cc(F)cc2F)cc(-c2cccc(OC(F)(F)F)c2)n1. The molecule has 0 saturated heterocycles. The van der Waals surface area contributed by atoms with Gasteiger partial charge in [0.05, 0.1) is 5.69 Å². The first kappa shape index (κ1) is 25.1. The van der Waals surface area contributed by atoms with Crippen LogP contribution >= 0.6 is 0 Å². The van der Waals surface area contributed by atoms with E-state index in [9.17, 15) is 26.3 Å². The predicted octanol–water partition coefficient (Wildman–Crippen LogP) is 5.57. The number of ether oxygens (including phenoxy) is 1. The number of aromatic nitrogens is 2. The van der Waals surface area contributed by atoms with E-state index in [-0.39, 0.29) is 23.0 Å². The van der Waals surface area contributed by atoms with Crippen LogP contribution in [0.5, 0.6) is 5.75 Å². The van der Waals surface area contributed by atoms with Gasteiger partial charge in [0.15, 0.2) is 11.6 Å². The molecule has 0 fully saturated rings. The average molecular weight is 485 g/mol. The Hall–Kier alpha value is -3.54. The Morgan fingerprint density at radius 1 is 0.971 bits per heavy atom. The summed E-state index contributed by atoms with van der Waals surface area (Å²) in [5, 5.41) is 5.43. The third kappa shape index (κ3) is 7.24. The molecule has 0 saturated carbocycles. The van der Waals surface area contributed by atoms with Crippen LogP contribution in [0.4, 0.5) is 43.8 Å². The van der Waals surface area contributed by atoms with Crippen molar-refractivity contribution in [2.75, 3.05) is 37.8 Å². The fourth-order valence-corrected chi connectivity index (χ4v) is 2.98. The van der Waals surface area contributed by atoms with E-state index in [2.05, 4.69) is 25.3 Å². The Morgan fingerprint density at radius 3 is 2.32 bits per heavy atom. The van der Waals surface area contributed by atoms with Crippen LogP contribution in [0.15, 0.2) is 42.5 Å². The number of alkyl halides is 3. The van der Waals surface area contributed by atoms with Crippen LogP contribution in [-0.4, -0.2) is 48.4 Å². The first-order valence-corrected chi connectivity index (χ1v) is 10.1. The highest BCUT2D eigenvalue weighted by atomic mass is 19.4. The average Bonchev–Trinajstić information content (AvgIpc) is 2.72. The topological polar surface area (TPSA) is 62.3 Å². The summed E-state index contributed by atoms with van der Waals surface area (Å²) in [6, 6.07) is 7.38. The van der Waals surface area contributed by atoms with Crippen LogP contribution in [0.25, 0.3) is 11.3 Å². The second-order valence-corrected chi connectivity index (χ2v) is 7.49. The van der Waals surface area contributed by atoms with Crippen molar-refractivity contribution in [3.8, 4) is 17.0 Å². The summed E-state index contributed by atoms with van der Waals surface area (Å²) in [6.45, 7) is 1.22. The van der Waals surface area contributed by atoms with Crippen molar-refractivity contribution in [1.29, 1.82) is 0 Å². The van der Waals surface area contributed by atoms with Crippen LogP contribution in [0.3, 0.4) is 0 Å². The zero-order chi connectivity index (χ0) is 24.9. The van der Waals surface area contributed by atoms with Gasteiger partial charge in [0.1, 0.15) is 23.1 Å². The van der Waals surface area contributed by atoms with Crippen molar-refractivity contribution in [3.63, 3.8) is 0 Å². The molecule has 0 atom stereocenters. The molecule has 0 aliphatic carbocycles. The second kappa shape index (κ2) is 10.6. The van der Waals surface area contributed by atoms with Crippen molar-refractivity contribution >= 4 is 17.5 Å². The van der Waals surface area contributed by atoms with E-state index < -0.39 is 35.3 Å². The molecule has 0 bridgehead atoms. The van der Waals surface area contributed by atoms with Crippen molar-refractivity contribution in [3.05, 3.63) is 59.9 Å². The standard InChI is InChI=1S/C22H21F6N5O/c1-33(2)8-4-7-29-21-30-18(13-5-3-6-15(9-13)34-22(26,27)28)12-19(32-21)31-20-16(24)10-14(23)11-17(20)25/h3,5-6,9-12H,4,7-8H2,1-2H3,(H2,29,30,31,32). The monoisotopic (exact) mass is 485 g/mol. The fourth-order valence-electron chi connectivity index (χ4n) is 2.98. The molecule has 0 aliphatic heterocycles. The predicted molar refractivity (Wildman–Crippen MR) is 115 cm³/mol.